The zero-order valence-electron chi connectivity index (χ0n) is 16.6. The van der Waals surface area contributed by atoms with Gasteiger partial charge in [0, 0.05) is 36.3 Å². The molecule has 4 rings (SSSR count). The highest BCUT2D eigenvalue weighted by Crippen LogP contribution is 2.35. The van der Waals surface area contributed by atoms with Gasteiger partial charge in [0.15, 0.2) is 5.13 Å². The molecule has 1 aromatic heterocycles. The molecule has 0 saturated carbocycles. The molecule has 1 fully saturated rings. The Balaban J connectivity index is 1.40. The Hall–Kier alpha value is -2.71. The molecule has 8 heteroatoms. The Morgan fingerprint density at radius 1 is 1.30 bits per heavy atom. The van der Waals surface area contributed by atoms with E-state index in [1.807, 2.05) is 5.38 Å². The predicted molar refractivity (Wildman–Crippen MR) is 122 cm³/mol. The van der Waals surface area contributed by atoms with Gasteiger partial charge in [-0.1, -0.05) is 30.3 Å². The molecule has 3 aromatic rings. The van der Waals surface area contributed by atoms with Gasteiger partial charge >= 0.3 is 5.97 Å². The molecule has 1 aliphatic rings. The van der Waals surface area contributed by atoms with Crippen molar-refractivity contribution in [3.8, 4) is 5.75 Å². The average Bonchev–Trinajstić information content (AvgIpc) is 3.27. The molecule has 1 unspecified atom stereocenters. The van der Waals surface area contributed by atoms with Gasteiger partial charge in [-0.15, -0.1) is 11.3 Å². The lowest BCUT2D eigenvalue weighted by Gasteiger charge is -2.32. The number of piperidine rings is 1. The monoisotopic (exact) mass is 441 g/mol. The highest BCUT2D eigenvalue weighted by Gasteiger charge is 2.23. The minimum atomic E-state index is -0.980. The fourth-order valence-electron chi connectivity index (χ4n) is 3.61. The molecule has 156 valence electrons. The molecule has 0 aliphatic carbocycles. The van der Waals surface area contributed by atoms with Gasteiger partial charge in [0.2, 0.25) is 0 Å². The molecular formula is C22H23N3O3S2. The number of carbonyl (C=O) groups is 1. The summed E-state index contributed by atoms with van der Waals surface area (Å²) in [5.41, 5.74) is 2.30. The first-order valence-electron chi connectivity index (χ1n) is 9.73. The van der Waals surface area contributed by atoms with E-state index >= 15 is 0 Å². The van der Waals surface area contributed by atoms with Gasteiger partial charge < -0.3 is 19.5 Å². The van der Waals surface area contributed by atoms with E-state index in [2.05, 4.69) is 40.0 Å². The molecular weight excluding hydrogens is 418 g/mol. The Morgan fingerprint density at radius 3 is 2.90 bits per heavy atom. The second kappa shape index (κ2) is 9.40. The summed E-state index contributed by atoms with van der Waals surface area (Å²) in [7, 11) is 1.53. The molecule has 30 heavy (non-hydrogen) atoms. The van der Waals surface area contributed by atoms with Gasteiger partial charge in [0.05, 0.1) is 18.4 Å². The summed E-state index contributed by atoms with van der Waals surface area (Å²) < 4.78 is 8.54. The molecule has 1 saturated heterocycles. The van der Waals surface area contributed by atoms with E-state index in [9.17, 15) is 4.79 Å². The number of methoxy groups -OCH3 is 1. The Kier molecular flexibility index (Phi) is 6.44. The smallest absolute Gasteiger partial charge is 0.335 e. The number of aromatic nitrogens is 1. The third-order valence-electron chi connectivity index (χ3n) is 5.15. The van der Waals surface area contributed by atoms with Crippen LogP contribution in [0.2, 0.25) is 0 Å². The molecule has 2 aromatic carbocycles. The third kappa shape index (κ3) is 4.71. The molecule has 0 amide bonds. The van der Waals surface area contributed by atoms with Crippen molar-refractivity contribution in [2.75, 3.05) is 29.8 Å². The topological polar surface area (TPSA) is 74.7 Å². The minimum Gasteiger partial charge on any atom is -0.495 e. The van der Waals surface area contributed by atoms with Gasteiger partial charge in [0.1, 0.15) is 10.8 Å². The van der Waals surface area contributed by atoms with Crippen LogP contribution in [-0.2, 0) is 0 Å². The molecule has 1 aliphatic heterocycles. The van der Waals surface area contributed by atoms with Crippen LogP contribution in [0.5, 0.6) is 5.75 Å². The molecule has 2 heterocycles. The summed E-state index contributed by atoms with van der Waals surface area (Å²) in [6.07, 6.45) is 2.37. The largest absolute Gasteiger partial charge is 0.495 e. The summed E-state index contributed by atoms with van der Waals surface area (Å²) in [6.45, 7) is 2.01. The quantitative estimate of drug-likeness (QED) is 0.479. The number of thiazole rings is 1. The van der Waals surface area contributed by atoms with Crippen LogP contribution in [-0.4, -0.2) is 36.3 Å². The van der Waals surface area contributed by atoms with Crippen LogP contribution >= 0.6 is 23.3 Å². The summed E-state index contributed by atoms with van der Waals surface area (Å²) in [5, 5.41) is 13.1. The van der Waals surface area contributed by atoms with Crippen molar-refractivity contribution in [1.29, 1.82) is 0 Å². The van der Waals surface area contributed by atoms with E-state index in [1.165, 1.54) is 37.1 Å². The highest BCUT2D eigenvalue weighted by molar-refractivity contribution is 8.00. The van der Waals surface area contributed by atoms with Crippen molar-refractivity contribution in [1.82, 2.24) is 4.98 Å². The normalized spacial score (nSPS) is 16.3. The number of nitrogens with zero attached hydrogens (tertiary/aromatic N) is 2. The fourth-order valence-corrected chi connectivity index (χ4v) is 5.24. The van der Waals surface area contributed by atoms with Crippen LogP contribution in [0.4, 0.5) is 10.8 Å². The number of carboxylic acid groups (broad SMARTS) is 1. The summed E-state index contributed by atoms with van der Waals surface area (Å²) in [5.74, 6) is 0.0432. The first-order chi connectivity index (χ1) is 14.6. The predicted octanol–water partition coefficient (Wildman–Crippen LogP) is 5.35. The van der Waals surface area contributed by atoms with Crippen LogP contribution in [0.25, 0.3) is 0 Å². The summed E-state index contributed by atoms with van der Waals surface area (Å²) >= 11 is 3.04. The average molecular weight is 442 g/mol. The van der Waals surface area contributed by atoms with Crippen LogP contribution in [0, 0.1) is 0 Å². The molecule has 1 atom stereocenters. The first-order valence-corrected chi connectivity index (χ1v) is 11.4. The van der Waals surface area contributed by atoms with E-state index in [0.717, 1.165) is 29.7 Å². The lowest BCUT2D eigenvalue weighted by Crippen LogP contribution is -2.34. The van der Waals surface area contributed by atoms with Crippen molar-refractivity contribution in [2.45, 2.75) is 23.8 Å². The van der Waals surface area contributed by atoms with Gasteiger partial charge in [-0.3, -0.25) is 0 Å². The number of hydrogen-bond acceptors (Lipinski definition) is 7. The lowest BCUT2D eigenvalue weighted by atomic mass is 9.91. The zero-order chi connectivity index (χ0) is 20.9. The molecule has 0 spiro atoms. The number of benzene rings is 2. The van der Waals surface area contributed by atoms with E-state index in [1.54, 1.807) is 23.5 Å². The van der Waals surface area contributed by atoms with Gasteiger partial charge in [-0.2, -0.15) is 0 Å². The number of rotatable bonds is 7. The number of ether oxygens (including phenoxy) is 1. The zero-order valence-corrected chi connectivity index (χ0v) is 18.2. The Labute approximate surface area is 184 Å². The number of hydrogen-bond donors (Lipinski definition) is 2. The van der Waals surface area contributed by atoms with Crippen LogP contribution in [0.1, 0.15) is 34.7 Å². The SMILES string of the molecule is COc1cc(C(=O)O)ccc1NSc1csc(N2CCCC(c3ccccc3)C2)n1. The molecule has 0 radical (unpaired) electrons. The van der Waals surface area contributed by atoms with E-state index < -0.39 is 5.97 Å². The Morgan fingerprint density at radius 2 is 2.13 bits per heavy atom. The third-order valence-corrected chi connectivity index (χ3v) is 6.94. The van der Waals surface area contributed by atoms with Crippen molar-refractivity contribution >= 4 is 40.1 Å². The van der Waals surface area contributed by atoms with Crippen molar-refractivity contribution in [3.05, 3.63) is 65.0 Å². The molecule has 6 nitrogen and oxygen atoms in total. The van der Waals surface area contributed by atoms with E-state index in [4.69, 9.17) is 14.8 Å². The van der Waals surface area contributed by atoms with Crippen molar-refractivity contribution in [3.63, 3.8) is 0 Å². The fraction of sp³-hybridized carbons (Fsp3) is 0.273. The maximum absolute atomic E-state index is 11.1. The highest BCUT2D eigenvalue weighted by atomic mass is 32.2. The standard InChI is InChI=1S/C22H23N3O3S2/c1-28-19-12-16(21(26)27)9-10-18(19)24-30-20-14-29-22(23-20)25-11-5-8-17(13-25)15-6-3-2-4-7-15/h2-4,6-7,9-10,12,14,17,24H,5,8,11,13H2,1H3,(H,26,27). The lowest BCUT2D eigenvalue weighted by molar-refractivity contribution is 0.0696. The second-order valence-corrected chi connectivity index (χ2v) is 8.75. The second-order valence-electron chi connectivity index (χ2n) is 7.09. The van der Waals surface area contributed by atoms with Crippen molar-refractivity contribution < 1.29 is 14.6 Å². The molecule has 2 N–H and O–H groups in total. The van der Waals surface area contributed by atoms with E-state index in [0.29, 0.717) is 17.4 Å². The van der Waals surface area contributed by atoms with Gasteiger partial charge in [0.25, 0.3) is 0 Å². The number of carboxylic acids is 1. The van der Waals surface area contributed by atoms with Crippen LogP contribution in [0.15, 0.2) is 58.9 Å². The first kappa shape index (κ1) is 20.6. The van der Waals surface area contributed by atoms with E-state index in [-0.39, 0.29) is 5.56 Å². The number of anilines is 2. The van der Waals surface area contributed by atoms with Gasteiger partial charge in [-0.05, 0) is 36.6 Å². The van der Waals surface area contributed by atoms with Crippen LogP contribution in [0.3, 0.4) is 0 Å². The number of nitrogens with one attached hydrogen (secondary N) is 1. The van der Waals surface area contributed by atoms with Gasteiger partial charge in [-0.25, -0.2) is 9.78 Å². The maximum Gasteiger partial charge on any atom is 0.335 e. The maximum atomic E-state index is 11.1. The van der Waals surface area contributed by atoms with Crippen molar-refractivity contribution in [2.24, 2.45) is 0 Å². The summed E-state index contributed by atoms with van der Waals surface area (Å²) in [4.78, 5) is 18.3. The minimum absolute atomic E-state index is 0.191. The molecule has 0 bridgehead atoms. The summed E-state index contributed by atoms with van der Waals surface area (Å²) in [6, 6.07) is 15.5. The number of aromatic carboxylic acids is 1. The van der Waals surface area contributed by atoms with Crippen LogP contribution < -0.4 is 14.4 Å². The Bertz CT molecular complexity index is 1010.